The molecular weight excluding hydrogens is 284 g/mol. The maximum Gasteiger partial charge on any atom is 0.253 e. The number of benzene rings is 1. The van der Waals surface area contributed by atoms with E-state index in [1.807, 2.05) is 40.3 Å². The van der Waals surface area contributed by atoms with Gasteiger partial charge in [-0.05, 0) is 30.4 Å². The van der Waals surface area contributed by atoms with E-state index >= 15 is 0 Å². The van der Waals surface area contributed by atoms with Crippen molar-refractivity contribution in [2.45, 2.75) is 13.3 Å². The Balaban J connectivity index is 1.92. The van der Waals surface area contributed by atoms with Gasteiger partial charge in [-0.3, -0.25) is 9.59 Å². The highest BCUT2D eigenvalue weighted by atomic mass is 32.2. The molecule has 0 N–H and O–H groups in total. The molecule has 4 nitrogen and oxygen atoms in total. The van der Waals surface area contributed by atoms with Crippen LogP contribution < -0.4 is 0 Å². The third-order valence-electron chi connectivity index (χ3n) is 3.80. The van der Waals surface area contributed by atoms with Crippen molar-refractivity contribution in [1.82, 2.24) is 9.80 Å². The minimum Gasteiger partial charge on any atom is -0.338 e. The summed E-state index contributed by atoms with van der Waals surface area (Å²) < 4.78 is 0. The van der Waals surface area contributed by atoms with E-state index in [4.69, 9.17) is 0 Å². The van der Waals surface area contributed by atoms with Crippen LogP contribution in [0.4, 0.5) is 0 Å². The van der Waals surface area contributed by atoms with Crippen molar-refractivity contribution < 1.29 is 9.59 Å². The number of rotatable bonds is 4. The molecule has 0 aromatic heterocycles. The first-order chi connectivity index (χ1) is 10.2. The van der Waals surface area contributed by atoms with Crippen LogP contribution in [0, 0.1) is 0 Å². The lowest BCUT2D eigenvalue weighted by molar-refractivity contribution is -0.129. The number of hydrogen-bond donors (Lipinski definition) is 0. The SMILES string of the molecule is CCc1ccc(C(=O)N2CCN(C(=O)CSC)CC2)cc1. The Morgan fingerprint density at radius 2 is 1.62 bits per heavy atom. The van der Waals surface area contributed by atoms with Crippen LogP contribution in [-0.4, -0.2) is 59.8 Å². The van der Waals surface area contributed by atoms with Crippen molar-refractivity contribution in [3.8, 4) is 0 Å². The van der Waals surface area contributed by atoms with Crippen LogP contribution >= 0.6 is 11.8 Å². The molecule has 5 heteroatoms. The molecule has 1 saturated heterocycles. The molecule has 1 aliphatic heterocycles. The van der Waals surface area contributed by atoms with Crippen LogP contribution in [0.5, 0.6) is 0 Å². The minimum atomic E-state index is 0.0645. The van der Waals surface area contributed by atoms with Crippen LogP contribution in [0.1, 0.15) is 22.8 Å². The lowest BCUT2D eigenvalue weighted by atomic mass is 10.1. The van der Waals surface area contributed by atoms with E-state index in [0.29, 0.717) is 31.9 Å². The summed E-state index contributed by atoms with van der Waals surface area (Å²) in [6, 6.07) is 7.80. The summed E-state index contributed by atoms with van der Waals surface area (Å²) in [7, 11) is 0. The van der Waals surface area contributed by atoms with E-state index in [9.17, 15) is 9.59 Å². The molecule has 21 heavy (non-hydrogen) atoms. The number of carbonyl (C=O) groups excluding carboxylic acids is 2. The normalized spacial score (nSPS) is 15.1. The maximum absolute atomic E-state index is 12.4. The highest BCUT2D eigenvalue weighted by Gasteiger charge is 2.24. The van der Waals surface area contributed by atoms with E-state index in [1.54, 1.807) is 0 Å². The third-order valence-corrected chi connectivity index (χ3v) is 4.33. The number of carbonyl (C=O) groups is 2. The molecule has 0 atom stereocenters. The van der Waals surface area contributed by atoms with Crippen LogP contribution in [0.2, 0.25) is 0 Å². The summed E-state index contributed by atoms with van der Waals surface area (Å²) in [5.41, 5.74) is 1.97. The zero-order valence-corrected chi connectivity index (χ0v) is 13.5. The molecule has 1 aromatic carbocycles. The molecule has 0 unspecified atom stereocenters. The predicted octanol–water partition coefficient (Wildman–Crippen LogP) is 1.90. The summed E-state index contributed by atoms with van der Waals surface area (Å²) in [6.07, 6.45) is 2.91. The molecule has 2 amide bonds. The van der Waals surface area contributed by atoms with Gasteiger partial charge in [-0.1, -0.05) is 19.1 Å². The van der Waals surface area contributed by atoms with Gasteiger partial charge >= 0.3 is 0 Å². The van der Waals surface area contributed by atoms with Crippen LogP contribution in [0.3, 0.4) is 0 Å². The van der Waals surface area contributed by atoms with Gasteiger partial charge in [0.25, 0.3) is 5.91 Å². The van der Waals surface area contributed by atoms with Crippen LogP contribution in [0.25, 0.3) is 0 Å². The Morgan fingerprint density at radius 1 is 1.05 bits per heavy atom. The van der Waals surface area contributed by atoms with E-state index in [2.05, 4.69) is 6.92 Å². The Labute approximate surface area is 130 Å². The van der Waals surface area contributed by atoms with Gasteiger partial charge in [-0.15, -0.1) is 0 Å². The fourth-order valence-corrected chi connectivity index (χ4v) is 2.87. The standard InChI is InChI=1S/C16H22N2O2S/c1-3-13-4-6-14(7-5-13)16(20)18-10-8-17(9-11-18)15(19)12-21-2/h4-7H,3,8-12H2,1-2H3. The van der Waals surface area contributed by atoms with Gasteiger partial charge in [0.1, 0.15) is 0 Å². The highest BCUT2D eigenvalue weighted by molar-refractivity contribution is 7.99. The Bertz CT molecular complexity index is 494. The number of piperazine rings is 1. The Kier molecular flexibility index (Phi) is 5.67. The summed E-state index contributed by atoms with van der Waals surface area (Å²) in [5, 5.41) is 0. The molecule has 114 valence electrons. The second kappa shape index (κ2) is 7.50. The lowest BCUT2D eigenvalue weighted by Crippen LogP contribution is -2.51. The number of nitrogens with zero attached hydrogens (tertiary/aromatic N) is 2. The first-order valence-corrected chi connectivity index (χ1v) is 8.70. The first kappa shape index (κ1) is 15.9. The Morgan fingerprint density at radius 3 is 2.14 bits per heavy atom. The second-order valence-corrected chi connectivity index (χ2v) is 6.02. The van der Waals surface area contributed by atoms with E-state index in [0.717, 1.165) is 12.0 Å². The van der Waals surface area contributed by atoms with Crippen molar-refractivity contribution in [1.29, 1.82) is 0 Å². The summed E-state index contributed by atoms with van der Waals surface area (Å²) in [6.45, 7) is 4.61. The maximum atomic E-state index is 12.4. The van der Waals surface area contributed by atoms with Crippen molar-refractivity contribution in [2.75, 3.05) is 38.2 Å². The minimum absolute atomic E-state index is 0.0645. The number of amides is 2. The topological polar surface area (TPSA) is 40.6 Å². The van der Waals surface area contributed by atoms with Crippen LogP contribution in [0.15, 0.2) is 24.3 Å². The molecule has 0 saturated carbocycles. The third kappa shape index (κ3) is 4.00. The molecular formula is C16H22N2O2S. The zero-order chi connectivity index (χ0) is 15.2. The van der Waals surface area contributed by atoms with Crippen molar-refractivity contribution in [3.05, 3.63) is 35.4 Å². The fourth-order valence-electron chi connectivity index (χ4n) is 2.44. The van der Waals surface area contributed by atoms with Crippen LogP contribution in [-0.2, 0) is 11.2 Å². The van der Waals surface area contributed by atoms with Crippen molar-refractivity contribution in [3.63, 3.8) is 0 Å². The summed E-state index contributed by atoms with van der Waals surface area (Å²) in [5.74, 6) is 0.753. The number of aryl methyl sites for hydroxylation is 1. The highest BCUT2D eigenvalue weighted by Crippen LogP contribution is 2.11. The van der Waals surface area contributed by atoms with Gasteiger partial charge in [0.05, 0.1) is 5.75 Å². The van der Waals surface area contributed by atoms with E-state index < -0.39 is 0 Å². The molecule has 1 fully saturated rings. The predicted molar refractivity (Wildman–Crippen MR) is 86.7 cm³/mol. The van der Waals surface area contributed by atoms with E-state index in [1.165, 1.54) is 17.3 Å². The quantitative estimate of drug-likeness (QED) is 0.853. The summed E-state index contributed by atoms with van der Waals surface area (Å²) >= 11 is 1.54. The van der Waals surface area contributed by atoms with Gasteiger partial charge in [0.15, 0.2) is 0 Å². The molecule has 1 aromatic rings. The van der Waals surface area contributed by atoms with Gasteiger partial charge in [0.2, 0.25) is 5.91 Å². The molecule has 0 radical (unpaired) electrons. The number of hydrogen-bond acceptors (Lipinski definition) is 3. The van der Waals surface area contributed by atoms with E-state index in [-0.39, 0.29) is 11.8 Å². The molecule has 0 bridgehead atoms. The zero-order valence-electron chi connectivity index (χ0n) is 12.7. The van der Waals surface area contributed by atoms with Gasteiger partial charge in [0, 0.05) is 31.7 Å². The average molecular weight is 306 g/mol. The second-order valence-electron chi connectivity index (χ2n) is 5.16. The van der Waals surface area contributed by atoms with Gasteiger partial charge < -0.3 is 9.80 Å². The van der Waals surface area contributed by atoms with Crippen molar-refractivity contribution >= 4 is 23.6 Å². The summed E-state index contributed by atoms with van der Waals surface area (Å²) in [4.78, 5) is 27.9. The lowest BCUT2D eigenvalue weighted by Gasteiger charge is -2.34. The molecule has 0 aliphatic carbocycles. The molecule has 0 spiro atoms. The first-order valence-electron chi connectivity index (χ1n) is 7.30. The number of thioether (sulfide) groups is 1. The molecule has 1 aliphatic rings. The smallest absolute Gasteiger partial charge is 0.253 e. The average Bonchev–Trinajstić information content (AvgIpc) is 2.54. The molecule has 2 rings (SSSR count). The fraction of sp³-hybridized carbons (Fsp3) is 0.500. The monoisotopic (exact) mass is 306 g/mol. The largest absolute Gasteiger partial charge is 0.338 e. The van der Waals surface area contributed by atoms with Crippen molar-refractivity contribution in [2.24, 2.45) is 0 Å². The Hall–Kier alpha value is -1.49. The van der Waals surface area contributed by atoms with Gasteiger partial charge in [-0.25, -0.2) is 0 Å². The molecule has 1 heterocycles. The van der Waals surface area contributed by atoms with Gasteiger partial charge in [-0.2, -0.15) is 11.8 Å².